The molecule has 0 radical (unpaired) electrons. The smallest absolute Gasteiger partial charge is 0.202 e. The molecule has 0 N–H and O–H groups in total. The lowest BCUT2D eigenvalue weighted by Gasteiger charge is -2.47. The van der Waals surface area contributed by atoms with Gasteiger partial charge in [0.1, 0.15) is 5.75 Å². The average Bonchev–Trinajstić information content (AvgIpc) is 2.74. The monoisotopic (exact) mass is 322 g/mol. The van der Waals surface area contributed by atoms with Crippen LogP contribution < -0.4 is 4.74 Å². The molecular weight excluding hydrogens is 304 g/mol. The molecule has 2 aromatic carbocycles. The van der Waals surface area contributed by atoms with Gasteiger partial charge in [-0.3, -0.25) is 0 Å². The Balaban J connectivity index is 1.65. The van der Waals surface area contributed by atoms with Crippen LogP contribution in [0.5, 0.6) is 5.75 Å². The summed E-state index contributed by atoms with van der Waals surface area (Å²) >= 11 is 1.84. The Kier molecular flexibility index (Phi) is 2.80. The van der Waals surface area contributed by atoms with E-state index in [0.29, 0.717) is 6.04 Å². The molecule has 23 heavy (non-hydrogen) atoms. The lowest BCUT2D eigenvalue weighted by atomic mass is 9.91. The van der Waals surface area contributed by atoms with Gasteiger partial charge in [0.15, 0.2) is 5.17 Å². The first-order valence-electron chi connectivity index (χ1n) is 8.06. The topological polar surface area (TPSA) is 24.8 Å². The summed E-state index contributed by atoms with van der Waals surface area (Å²) in [4.78, 5) is 7.45. The van der Waals surface area contributed by atoms with Crippen LogP contribution in [0.3, 0.4) is 0 Å². The van der Waals surface area contributed by atoms with Crippen LogP contribution in [0.4, 0.5) is 0 Å². The molecule has 2 atom stereocenters. The van der Waals surface area contributed by atoms with Crippen molar-refractivity contribution in [3.05, 3.63) is 65.2 Å². The second-order valence-electron chi connectivity index (χ2n) is 6.61. The molecule has 3 aliphatic rings. The average molecular weight is 322 g/mol. The summed E-state index contributed by atoms with van der Waals surface area (Å²) in [6.45, 7) is 3.04. The molecule has 0 fully saturated rings. The van der Waals surface area contributed by atoms with E-state index in [2.05, 4.69) is 54.3 Å². The molecule has 2 aromatic rings. The van der Waals surface area contributed by atoms with Gasteiger partial charge in [-0.05, 0) is 24.1 Å². The van der Waals surface area contributed by atoms with E-state index < -0.39 is 5.72 Å². The number of nitrogens with zero attached hydrogens (tertiary/aromatic N) is 2. The summed E-state index contributed by atoms with van der Waals surface area (Å²) in [5.74, 6) is 1.97. The number of fused-ring (bicyclic) bond motifs is 7. The summed E-state index contributed by atoms with van der Waals surface area (Å²) in [7, 11) is 0. The van der Waals surface area contributed by atoms with Crippen molar-refractivity contribution in [2.45, 2.75) is 37.4 Å². The summed E-state index contributed by atoms with van der Waals surface area (Å²) < 4.78 is 6.23. The molecular formula is C19H18N2OS. The number of para-hydroxylation sites is 1. The molecule has 0 aliphatic carbocycles. The van der Waals surface area contributed by atoms with Crippen molar-refractivity contribution in [3.8, 4) is 5.75 Å². The summed E-state index contributed by atoms with van der Waals surface area (Å²) in [5.41, 5.74) is 3.69. The highest BCUT2D eigenvalue weighted by Gasteiger charge is 2.45. The van der Waals surface area contributed by atoms with Gasteiger partial charge in [-0.2, -0.15) is 0 Å². The Bertz CT molecular complexity index is 819. The standard InChI is InChI=1S/C19H18N2OS/c1-19-10-16(15-8-4-5-9-17(15)22-19)21-11-13-6-2-3-7-14(13)12-23-18(21)20-19/h2-9,16H,10-12H2,1H3/t16-,19-/m1/s1. The molecule has 3 heterocycles. The Labute approximate surface area is 140 Å². The van der Waals surface area contributed by atoms with Crippen LogP contribution in [-0.2, 0) is 12.3 Å². The van der Waals surface area contributed by atoms with Crippen LogP contribution in [-0.4, -0.2) is 15.8 Å². The highest BCUT2D eigenvalue weighted by Crippen LogP contribution is 2.48. The highest BCUT2D eigenvalue weighted by molar-refractivity contribution is 8.13. The van der Waals surface area contributed by atoms with Crippen LogP contribution in [0.15, 0.2) is 53.5 Å². The molecule has 0 amide bonds. The van der Waals surface area contributed by atoms with Gasteiger partial charge in [0.2, 0.25) is 5.72 Å². The van der Waals surface area contributed by atoms with Crippen LogP contribution in [0.2, 0.25) is 0 Å². The molecule has 116 valence electrons. The largest absolute Gasteiger partial charge is 0.466 e. The summed E-state index contributed by atoms with van der Waals surface area (Å²) in [6, 6.07) is 17.5. The van der Waals surface area contributed by atoms with Gasteiger partial charge in [0.25, 0.3) is 0 Å². The third-order valence-corrected chi connectivity index (χ3v) is 5.99. The first-order chi connectivity index (χ1) is 11.2. The van der Waals surface area contributed by atoms with Crippen molar-refractivity contribution < 1.29 is 4.74 Å². The predicted molar refractivity (Wildman–Crippen MR) is 93.5 cm³/mol. The van der Waals surface area contributed by atoms with E-state index in [-0.39, 0.29) is 0 Å². The highest BCUT2D eigenvalue weighted by atomic mass is 32.2. The van der Waals surface area contributed by atoms with Gasteiger partial charge in [-0.1, -0.05) is 54.2 Å². The number of thioether (sulfide) groups is 1. The number of rotatable bonds is 0. The minimum Gasteiger partial charge on any atom is -0.466 e. The van der Waals surface area contributed by atoms with Gasteiger partial charge in [-0.15, -0.1) is 0 Å². The van der Waals surface area contributed by atoms with Crippen molar-refractivity contribution in [1.82, 2.24) is 4.90 Å². The maximum absolute atomic E-state index is 6.23. The zero-order valence-corrected chi connectivity index (χ0v) is 13.8. The van der Waals surface area contributed by atoms with Crippen molar-refractivity contribution >= 4 is 16.9 Å². The molecule has 4 heteroatoms. The van der Waals surface area contributed by atoms with E-state index in [4.69, 9.17) is 9.73 Å². The van der Waals surface area contributed by atoms with Gasteiger partial charge in [0.05, 0.1) is 6.04 Å². The second-order valence-corrected chi connectivity index (χ2v) is 7.56. The van der Waals surface area contributed by atoms with Crippen molar-refractivity contribution in [1.29, 1.82) is 0 Å². The SMILES string of the molecule is C[C@]12C[C@H](c3ccccc3O1)N1Cc3ccccc3CSC1=N2. The van der Waals surface area contributed by atoms with Gasteiger partial charge < -0.3 is 9.64 Å². The minimum atomic E-state index is -0.436. The zero-order valence-electron chi connectivity index (χ0n) is 13.0. The Morgan fingerprint density at radius 1 is 1.13 bits per heavy atom. The normalized spacial score (nSPS) is 27.8. The van der Waals surface area contributed by atoms with Crippen molar-refractivity contribution in [2.24, 2.45) is 4.99 Å². The number of ether oxygens (including phenoxy) is 1. The fourth-order valence-electron chi connectivity index (χ4n) is 3.81. The Hall–Kier alpha value is -1.94. The molecule has 3 nitrogen and oxygen atoms in total. The number of hydrogen-bond donors (Lipinski definition) is 0. The number of benzene rings is 2. The van der Waals surface area contributed by atoms with E-state index in [0.717, 1.165) is 29.6 Å². The Morgan fingerprint density at radius 2 is 1.91 bits per heavy atom. The molecule has 5 rings (SSSR count). The van der Waals surface area contributed by atoms with Crippen LogP contribution in [0, 0.1) is 0 Å². The predicted octanol–water partition coefficient (Wildman–Crippen LogP) is 4.35. The van der Waals surface area contributed by atoms with Gasteiger partial charge >= 0.3 is 0 Å². The van der Waals surface area contributed by atoms with E-state index >= 15 is 0 Å². The zero-order chi connectivity index (χ0) is 15.4. The molecule has 0 spiro atoms. The van der Waals surface area contributed by atoms with E-state index in [9.17, 15) is 0 Å². The fourth-order valence-corrected chi connectivity index (χ4v) is 5.00. The van der Waals surface area contributed by atoms with E-state index in [1.165, 1.54) is 16.7 Å². The third kappa shape index (κ3) is 2.08. The number of amidine groups is 1. The van der Waals surface area contributed by atoms with Crippen molar-refractivity contribution in [3.63, 3.8) is 0 Å². The Morgan fingerprint density at radius 3 is 2.83 bits per heavy atom. The third-order valence-electron chi connectivity index (χ3n) is 4.95. The molecule has 0 aromatic heterocycles. The number of hydrogen-bond acceptors (Lipinski definition) is 4. The summed E-state index contributed by atoms with van der Waals surface area (Å²) in [5, 5.41) is 1.12. The molecule has 0 unspecified atom stereocenters. The first kappa shape index (κ1) is 13.5. The van der Waals surface area contributed by atoms with E-state index in [1.807, 2.05) is 17.8 Å². The minimum absolute atomic E-state index is 0.344. The maximum atomic E-state index is 6.23. The first-order valence-corrected chi connectivity index (χ1v) is 9.04. The van der Waals surface area contributed by atoms with Crippen LogP contribution >= 0.6 is 11.8 Å². The quantitative estimate of drug-likeness (QED) is 0.721. The van der Waals surface area contributed by atoms with Gasteiger partial charge in [0, 0.05) is 24.3 Å². The van der Waals surface area contributed by atoms with E-state index in [1.54, 1.807) is 0 Å². The molecule has 2 bridgehead atoms. The van der Waals surface area contributed by atoms with Crippen LogP contribution in [0.1, 0.15) is 36.1 Å². The molecule has 3 aliphatic heterocycles. The fraction of sp³-hybridized carbons (Fsp3) is 0.316. The van der Waals surface area contributed by atoms with Crippen LogP contribution in [0.25, 0.3) is 0 Å². The maximum Gasteiger partial charge on any atom is 0.202 e. The van der Waals surface area contributed by atoms with Gasteiger partial charge in [-0.25, -0.2) is 4.99 Å². The lowest BCUT2D eigenvalue weighted by molar-refractivity contribution is 0.0233. The summed E-state index contributed by atoms with van der Waals surface area (Å²) in [6.07, 6.45) is 0.913. The van der Waals surface area contributed by atoms with Crippen molar-refractivity contribution in [2.75, 3.05) is 0 Å². The lowest BCUT2D eigenvalue weighted by Crippen LogP contribution is -2.49. The molecule has 0 saturated carbocycles. The second kappa shape index (κ2) is 4.78. The molecule has 0 saturated heterocycles. The number of aliphatic imine (C=N–C) groups is 1.